The first-order valence-electron chi connectivity index (χ1n) is 9.75. The molecule has 0 heterocycles. The van der Waals surface area contributed by atoms with E-state index in [1.54, 1.807) is 0 Å². The third kappa shape index (κ3) is 6.69. The fourth-order valence-electron chi connectivity index (χ4n) is 3.97. The summed E-state index contributed by atoms with van der Waals surface area (Å²) in [4.78, 5) is 0. The summed E-state index contributed by atoms with van der Waals surface area (Å²) in [7, 11) is 0. The fraction of sp³-hybridized carbons (Fsp3) is 0.346. The first-order valence-corrected chi connectivity index (χ1v) is 9.75. The summed E-state index contributed by atoms with van der Waals surface area (Å²) in [6, 6.07) is 12.8. The molecule has 4 heteroatoms. The summed E-state index contributed by atoms with van der Waals surface area (Å²) >= 11 is 0. The van der Waals surface area contributed by atoms with Gasteiger partial charge in [0, 0.05) is 0 Å². The third-order valence-electron chi connectivity index (χ3n) is 5.88. The van der Waals surface area contributed by atoms with E-state index in [2.05, 4.69) is 72.2 Å². The van der Waals surface area contributed by atoms with Gasteiger partial charge in [0.2, 0.25) is 0 Å². The molecule has 1 nitrogen and oxygen atoms in total. The molecule has 1 unspecified atom stereocenters. The molecule has 1 N–H and O–H groups in total. The van der Waals surface area contributed by atoms with Crippen LogP contribution in [-0.2, 0) is 21.7 Å². The summed E-state index contributed by atoms with van der Waals surface area (Å²) < 4.78 is 0. The molecule has 30 heavy (non-hydrogen) atoms. The normalized spacial score (nSPS) is 14.7. The predicted octanol–water partition coefficient (Wildman–Crippen LogP) is 2.32. The van der Waals surface area contributed by atoms with Gasteiger partial charge in [-0.1, -0.05) is 65.5 Å². The molecular formula is C26H33Cl2NTi-2. The van der Waals surface area contributed by atoms with Crippen LogP contribution in [0.2, 0.25) is 0 Å². The summed E-state index contributed by atoms with van der Waals surface area (Å²) in [6.45, 7) is 17.2. The van der Waals surface area contributed by atoms with Crippen molar-refractivity contribution >= 4 is 11.3 Å². The Balaban J connectivity index is 0. The molecule has 0 spiro atoms. The fourth-order valence-corrected chi connectivity index (χ4v) is 3.97. The van der Waals surface area contributed by atoms with Gasteiger partial charge in [0.25, 0.3) is 0 Å². The number of nitrogens with one attached hydrogen (secondary N) is 1. The number of rotatable bonds is 2. The molecule has 2 aromatic carbocycles. The number of hydrogen-bond acceptors (Lipinski definition) is 0. The summed E-state index contributed by atoms with van der Waals surface area (Å²) in [5, 5.41) is 0. The Morgan fingerprint density at radius 2 is 1.33 bits per heavy atom. The zero-order valence-electron chi connectivity index (χ0n) is 19.4. The molecule has 0 aliphatic heterocycles. The van der Waals surface area contributed by atoms with Crippen molar-refractivity contribution in [3.63, 3.8) is 0 Å². The van der Waals surface area contributed by atoms with Gasteiger partial charge >= 0.3 is 21.7 Å². The summed E-state index contributed by atoms with van der Waals surface area (Å²) in [5.41, 5.74) is 20.3. The predicted molar refractivity (Wildman–Crippen MR) is 120 cm³/mol. The second-order valence-corrected chi connectivity index (χ2v) is 7.72. The van der Waals surface area contributed by atoms with Gasteiger partial charge in [-0.2, -0.15) is 18.1 Å². The van der Waals surface area contributed by atoms with Crippen molar-refractivity contribution in [2.75, 3.05) is 0 Å². The van der Waals surface area contributed by atoms with Crippen molar-refractivity contribution in [1.29, 1.82) is 0 Å². The molecule has 0 amide bonds. The molecule has 1 aliphatic carbocycles. The van der Waals surface area contributed by atoms with Crippen molar-refractivity contribution in [1.82, 2.24) is 0 Å². The molecular weight excluding hydrogens is 445 g/mol. The van der Waals surface area contributed by atoms with Gasteiger partial charge < -0.3 is 30.5 Å². The van der Waals surface area contributed by atoms with Gasteiger partial charge in [-0.15, -0.1) is 23.4 Å². The monoisotopic (exact) mass is 477 g/mol. The quantitative estimate of drug-likeness (QED) is 0.468. The van der Waals surface area contributed by atoms with E-state index in [0.717, 1.165) is 11.1 Å². The molecule has 1 atom stereocenters. The minimum atomic E-state index is 0. The van der Waals surface area contributed by atoms with Crippen LogP contribution in [0.4, 0.5) is 5.69 Å². The Morgan fingerprint density at radius 1 is 0.833 bits per heavy atom. The van der Waals surface area contributed by atoms with Crippen molar-refractivity contribution in [2.45, 2.75) is 55.4 Å². The van der Waals surface area contributed by atoms with Crippen molar-refractivity contribution in [3.8, 4) is 0 Å². The van der Waals surface area contributed by atoms with E-state index in [0.29, 0.717) is 11.6 Å². The molecule has 0 saturated carbocycles. The number of allylic oxidation sites excluding steroid dienone is 4. The molecule has 0 radical (unpaired) electrons. The first kappa shape index (κ1) is 31.1. The Labute approximate surface area is 211 Å². The third-order valence-corrected chi connectivity index (χ3v) is 5.88. The minimum absolute atomic E-state index is 0. The Hall–Kier alpha value is -1.12. The average molecular weight is 478 g/mol. The van der Waals surface area contributed by atoms with E-state index in [-0.39, 0.29) is 46.5 Å². The standard InChI is InChI=1S/C17H21.C9H12N.2ClH.Ti/c1-6-15-9-7-8-10-16(15)17-13(4)11(2)12(3)14(17)5;1-6-4-7(2)9(10)8(3)5-6;;;/h6-10,13H,1-5H3;4-5,10H,1-3H3;2*1H;/q2*-1;;;+2/p-2. The van der Waals surface area contributed by atoms with Crippen molar-refractivity contribution in [3.05, 3.63) is 93.1 Å². The minimum Gasteiger partial charge on any atom is -1.00 e. The van der Waals surface area contributed by atoms with Crippen molar-refractivity contribution < 1.29 is 46.5 Å². The Kier molecular flexibility index (Phi) is 13.8. The van der Waals surface area contributed by atoms with Gasteiger partial charge in [0.1, 0.15) is 0 Å². The molecule has 1 aliphatic rings. The zero-order valence-corrected chi connectivity index (χ0v) is 22.4. The molecule has 0 fully saturated rings. The molecule has 3 rings (SSSR count). The van der Waals surface area contributed by atoms with Gasteiger partial charge in [0.05, 0.1) is 0 Å². The first-order chi connectivity index (χ1) is 12.7. The van der Waals surface area contributed by atoms with E-state index >= 15 is 0 Å². The number of aryl methyl sites for hydroxylation is 3. The van der Waals surface area contributed by atoms with E-state index in [1.807, 2.05) is 26.0 Å². The number of benzene rings is 2. The SMILES string of the molecule is C[CH-]c1ccccc1C1=C(C)C(C)=C(C)C1C.Cc1cc(C)c([NH-])c(C)c1.[Cl-].[Cl-].[Ti+2]. The molecule has 0 bridgehead atoms. The molecule has 0 saturated heterocycles. The maximum Gasteiger partial charge on any atom is 2.00 e. The van der Waals surface area contributed by atoms with Crippen LogP contribution in [0.15, 0.2) is 53.1 Å². The second-order valence-electron chi connectivity index (χ2n) is 7.72. The Bertz CT molecular complexity index is 890. The van der Waals surface area contributed by atoms with Crippen LogP contribution < -0.4 is 24.8 Å². The largest absolute Gasteiger partial charge is 2.00 e. The smallest absolute Gasteiger partial charge is 1.00 e. The van der Waals surface area contributed by atoms with Crippen LogP contribution in [0.5, 0.6) is 0 Å². The van der Waals surface area contributed by atoms with E-state index < -0.39 is 0 Å². The van der Waals surface area contributed by atoms with Crippen LogP contribution in [0.1, 0.15) is 62.4 Å². The second kappa shape index (κ2) is 13.3. The molecule has 0 aromatic heterocycles. The maximum absolute atomic E-state index is 7.54. The number of halogens is 2. The topological polar surface area (TPSA) is 23.8 Å². The molecule has 162 valence electrons. The summed E-state index contributed by atoms with van der Waals surface area (Å²) in [5.74, 6) is 0.552. The van der Waals surface area contributed by atoms with Gasteiger partial charge in [-0.3, -0.25) is 0 Å². The maximum atomic E-state index is 7.54. The average Bonchev–Trinajstić information content (AvgIpc) is 2.83. The van der Waals surface area contributed by atoms with E-state index in [4.69, 9.17) is 5.73 Å². The van der Waals surface area contributed by atoms with E-state index in [1.165, 1.54) is 39.0 Å². The van der Waals surface area contributed by atoms with Crippen LogP contribution in [0.25, 0.3) is 11.3 Å². The van der Waals surface area contributed by atoms with Gasteiger partial charge in [-0.05, 0) is 53.0 Å². The number of hydrogen-bond donors (Lipinski definition) is 0. The molecule has 2 aromatic rings. The zero-order chi connectivity index (χ0) is 20.3. The van der Waals surface area contributed by atoms with Crippen LogP contribution in [-0.4, -0.2) is 0 Å². The van der Waals surface area contributed by atoms with Gasteiger partial charge in [0.15, 0.2) is 0 Å². The van der Waals surface area contributed by atoms with Crippen LogP contribution in [0.3, 0.4) is 0 Å². The van der Waals surface area contributed by atoms with Crippen molar-refractivity contribution in [2.24, 2.45) is 5.92 Å². The van der Waals surface area contributed by atoms with Crippen LogP contribution >= 0.6 is 0 Å². The Morgan fingerprint density at radius 3 is 1.77 bits per heavy atom. The van der Waals surface area contributed by atoms with E-state index in [9.17, 15) is 0 Å². The van der Waals surface area contributed by atoms with Crippen LogP contribution in [0, 0.1) is 33.1 Å². The summed E-state index contributed by atoms with van der Waals surface area (Å²) in [6.07, 6.45) is 2.20. The van der Waals surface area contributed by atoms with Gasteiger partial charge in [-0.25, -0.2) is 0 Å².